The molecular formula is C23H24FN3O2. The van der Waals surface area contributed by atoms with Crippen molar-refractivity contribution in [3.05, 3.63) is 76.8 Å². The Morgan fingerprint density at radius 2 is 1.72 bits per heavy atom. The first-order chi connectivity index (χ1) is 14.0. The SMILES string of the molecule is O=C(CCc1ccccc1)N1CCC(F)(Cn2cnc3ccccc3c2=O)CC1. The van der Waals surface area contributed by atoms with Gasteiger partial charge in [-0.25, -0.2) is 9.37 Å². The van der Waals surface area contributed by atoms with Gasteiger partial charge in [0.1, 0.15) is 5.67 Å². The highest BCUT2D eigenvalue weighted by Crippen LogP contribution is 2.28. The van der Waals surface area contributed by atoms with Crippen LogP contribution in [0.3, 0.4) is 0 Å². The number of alkyl halides is 1. The number of carbonyl (C=O) groups is 1. The third-order valence-corrected chi connectivity index (χ3v) is 5.67. The molecule has 1 amide bonds. The third kappa shape index (κ3) is 4.36. The van der Waals surface area contributed by atoms with Crippen LogP contribution in [0.15, 0.2) is 65.7 Å². The van der Waals surface area contributed by atoms with Gasteiger partial charge < -0.3 is 4.90 Å². The fourth-order valence-corrected chi connectivity index (χ4v) is 3.89. The zero-order valence-corrected chi connectivity index (χ0v) is 16.3. The molecule has 0 bridgehead atoms. The van der Waals surface area contributed by atoms with Crippen LogP contribution < -0.4 is 5.56 Å². The van der Waals surface area contributed by atoms with Gasteiger partial charge in [-0.3, -0.25) is 14.2 Å². The van der Waals surface area contributed by atoms with E-state index in [-0.39, 0.29) is 30.9 Å². The molecule has 0 aliphatic carbocycles. The van der Waals surface area contributed by atoms with Crippen molar-refractivity contribution in [2.24, 2.45) is 0 Å². The van der Waals surface area contributed by atoms with E-state index in [0.29, 0.717) is 36.8 Å². The topological polar surface area (TPSA) is 55.2 Å². The lowest BCUT2D eigenvalue weighted by Gasteiger charge is -2.36. The van der Waals surface area contributed by atoms with Gasteiger partial charge in [0, 0.05) is 32.4 Å². The maximum Gasteiger partial charge on any atom is 0.261 e. The van der Waals surface area contributed by atoms with E-state index in [2.05, 4.69) is 4.98 Å². The zero-order valence-electron chi connectivity index (χ0n) is 16.3. The second-order valence-corrected chi connectivity index (χ2v) is 7.71. The summed E-state index contributed by atoms with van der Waals surface area (Å²) in [4.78, 5) is 31.1. The molecular weight excluding hydrogens is 369 g/mol. The Hall–Kier alpha value is -3.02. The highest BCUT2D eigenvalue weighted by Gasteiger charge is 2.36. The third-order valence-electron chi connectivity index (χ3n) is 5.67. The average Bonchev–Trinajstić information content (AvgIpc) is 2.75. The minimum absolute atomic E-state index is 0.0320. The number of aromatic nitrogens is 2. The molecule has 0 saturated carbocycles. The number of halogens is 1. The number of hydrogen-bond acceptors (Lipinski definition) is 3. The van der Waals surface area contributed by atoms with Crippen LogP contribution in [-0.2, 0) is 17.8 Å². The number of likely N-dealkylation sites (tertiary alicyclic amines) is 1. The first-order valence-electron chi connectivity index (χ1n) is 9.99. The molecule has 0 radical (unpaired) electrons. The molecule has 3 aromatic rings. The molecule has 1 fully saturated rings. The van der Waals surface area contributed by atoms with E-state index in [1.165, 1.54) is 10.9 Å². The first-order valence-corrected chi connectivity index (χ1v) is 9.99. The van der Waals surface area contributed by atoms with Crippen molar-refractivity contribution in [3.63, 3.8) is 0 Å². The largest absolute Gasteiger partial charge is 0.342 e. The molecule has 6 heteroatoms. The number of para-hydroxylation sites is 1. The minimum Gasteiger partial charge on any atom is -0.342 e. The summed E-state index contributed by atoms with van der Waals surface area (Å²) in [5.41, 5.74) is -0.000156. The van der Waals surface area contributed by atoms with Crippen molar-refractivity contribution in [3.8, 4) is 0 Å². The molecule has 1 aromatic heterocycles. The molecule has 0 N–H and O–H groups in total. The lowest BCUT2D eigenvalue weighted by Crippen LogP contribution is -2.47. The summed E-state index contributed by atoms with van der Waals surface area (Å²) in [6, 6.07) is 17.0. The van der Waals surface area contributed by atoms with Gasteiger partial charge in [-0.15, -0.1) is 0 Å². The van der Waals surface area contributed by atoms with Crippen LogP contribution >= 0.6 is 0 Å². The van der Waals surface area contributed by atoms with E-state index in [4.69, 9.17) is 0 Å². The Balaban J connectivity index is 1.36. The van der Waals surface area contributed by atoms with Crippen molar-refractivity contribution >= 4 is 16.8 Å². The summed E-state index contributed by atoms with van der Waals surface area (Å²) in [5.74, 6) is 0.0560. The van der Waals surface area contributed by atoms with Crippen molar-refractivity contribution in [2.75, 3.05) is 13.1 Å². The van der Waals surface area contributed by atoms with Crippen molar-refractivity contribution < 1.29 is 9.18 Å². The highest BCUT2D eigenvalue weighted by atomic mass is 19.1. The van der Waals surface area contributed by atoms with Gasteiger partial charge in [-0.2, -0.15) is 0 Å². The fourth-order valence-electron chi connectivity index (χ4n) is 3.89. The van der Waals surface area contributed by atoms with E-state index in [1.54, 1.807) is 23.1 Å². The van der Waals surface area contributed by atoms with Crippen LogP contribution in [0.2, 0.25) is 0 Å². The number of aryl methyl sites for hydroxylation is 1. The quantitative estimate of drug-likeness (QED) is 0.668. The van der Waals surface area contributed by atoms with Crippen molar-refractivity contribution in [1.82, 2.24) is 14.5 Å². The Labute approximate surface area is 168 Å². The fraction of sp³-hybridized carbons (Fsp3) is 0.348. The van der Waals surface area contributed by atoms with Gasteiger partial charge in [-0.1, -0.05) is 42.5 Å². The van der Waals surface area contributed by atoms with Gasteiger partial charge in [0.05, 0.1) is 23.8 Å². The molecule has 0 spiro atoms. The Morgan fingerprint density at radius 1 is 1.03 bits per heavy atom. The summed E-state index contributed by atoms with van der Waals surface area (Å²) in [7, 11) is 0. The Kier molecular flexibility index (Phi) is 5.43. The Morgan fingerprint density at radius 3 is 2.48 bits per heavy atom. The van der Waals surface area contributed by atoms with Crippen molar-refractivity contribution in [2.45, 2.75) is 37.9 Å². The van der Waals surface area contributed by atoms with Gasteiger partial charge in [0.2, 0.25) is 5.91 Å². The lowest BCUT2D eigenvalue weighted by atomic mass is 9.92. The number of benzene rings is 2. The molecule has 2 aromatic carbocycles. The van der Waals surface area contributed by atoms with Crippen LogP contribution in [0.25, 0.3) is 10.9 Å². The minimum atomic E-state index is -1.51. The predicted octanol–water partition coefficient (Wildman–Crippen LogP) is 3.36. The number of piperidine rings is 1. The monoisotopic (exact) mass is 393 g/mol. The summed E-state index contributed by atoms with van der Waals surface area (Å²) < 4.78 is 16.8. The lowest BCUT2D eigenvalue weighted by molar-refractivity contribution is -0.134. The summed E-state index contributed by atoms with van der Waals surface area (Å²) >= 11 is 0. The standard InChI is InChI=1S/C23H24FN3O2/c24-23(16-27-17-25-20-9-5-4-8-19(20)22(27)29)12-14-26(15-13-23)21(28)11-10-18-6-2-1-3-7-18/h1-9,17H,10-16H2. The average molecular weight is 393 g/mol. The number of rotatable bonds is 5. The van der Waals surface area contributed by atoms with Gasteiger partial charge in [0.15, 0.2) is 0 Å². The highest BCUT2D eigenvalue weighted by molar-refractivity contribution is 5.77. The number of amides is 1. The van der Waals surface area contributed by atoms with Crippen LogP contribution in [0, 0.1) is 0 Å². The summed E-state index contributed by atoms with van der Waals surface area (Å²) in [6.45, 7) is 0.718. The molecule has 5 nitrogen and oxygen atoms in total. The van der Waals surface area contributed by atoms with Gasteiger partial charge in [0.25, 0.3) is 5.56 Å². The molecule has 0 unspecified atom stereocenters. The number of carbonyl (C=O) groups excluding carboxylic acids is 1. The number of fused-ring (bicyclic) bond motifs is 1. The molecule has 1 aliphatic rings. The van der Waals surface area contributed by atoms with Crippen LogP contribution in [0.1, 0.15) is 24.8 Å². The van der Waals surface area contributed by atoms with E-state index in [0.717, 1.165) is 5.56 Å². The van der Waals surface area contributed by atoms with Crippen molar-refractivity contribution in [1.29, 1.82) is 0 Å². The molecule has 29 heavy (non-hydrogen) atoms. The molecule has 1 aliphatic heterocycles. The smallest absolute Gasteiger partial charge is 0.261 e. The second kappa shape index (κ2) is 8.15. The second-order valence-electron chi connectivity index (χ2n) is 7.71. The van der Waals surface area contributed by atoms with E-state index in [1.807, 2.05) is 36.4 Å². The molecule has 2 heterocycles. The summed E-state index contributed by atoms with van der Waals surface area (Å²) in [6.07, 6.45) is 2.99. The van der Waals surface area contributed by atoms with E-state index >= 15 is 4.39 Å². The molecule has 150 valence electrons. The zero-order chi connectivity index (χ0) is 20.3. The first kappa shape index (κ1) is 19.3. The van der Waals surface area contributed by atoms with Crippen LogP contribution in [0.5, 0.6) is 0 Å². The van der Waals surface area contributed by atoms with Gasteiger partial charge >= 0.3 is 0 Å². The van der Waals surface area contributed by atoms with E-state index in [9.17, 15) is 9.59 Å². The maximum absolute atomic E-state index is 15.4. The molecule has 4 rings (SSSR count). The normalized spacial score (nSPS) is 16.1. The van der Waals surface area contributed by atoms with Gasteiger partial charge in [-0.05, 0) is 24.1 Å². The maximum atomic E-state index is 15.4. The summed E-state index contributed by atoms with van der Waals surface area (Å²) in [5, 5.41) is 0.493. The van der Waals surface area contributed by atoms with Crippen LogP contribution in [-0.4, -0.2) is 39.1 Å². The predicted molar refractivity (Wildman–Crippen MR) is 110 cm³/mol. The number of hydrogen-bond donors (Lipinski definition) is 0. The van der Waals surface area contributed by atoms with E-state index < -0.39 is 5.67 Å². The number of nitrogens with zero attached hydrogens (tertiary/aromatic N) is 3. The Bertz CT molecular complexity index is 1060. The van der Waals surface area contributed by atoms with Crippen LogP contribution in [0.4, 0.5) is 4.39 Å². The molecule has 0 atom stereocenters. The molecule has 1 saturated heterocycles.